The molecule has 0 bridgehead atoms. The van der Waals surface area contributed by atoms with Crippen molar-refractivity contribution in [3.8, 4) is 5.75 Å². The van der Waals surface area contributed by atoms with Gasteiger partial charge >= 0.3 is 0 Å². The van der Waals surface area contributed by atoms with Gasteiger partial charge in [-0.1, -0.05) is 30.3 Å². The van der Waals surface area contributed by atoms with E-state index < -0.39 is 0 Å². The summed E-state index contributed by atoms with van der Waals surface area (Å²) in [7, 11) is 4.03. The summed E-state index contributed by atoms with van der Waals surface area (Å²) in [5.74, 6) is 0.715. The number of likely N-dealkylation sites (tertiary alicyclic amines) is 1. The van der Waals surface area contributed by atoms with Gasteiger partial charge in [-0.15, -0.1) is 0 Å². The Balaban J connectivity index is 1.17. The quantitative estimate of drug-likeness (QED) is 0.320. The molecule has 1 aliphatic heterocycles. The molecule has 0 aliphatic carbocycles. The molecule has 1 saturated heterocycles. The van der Waals surface area contributed by atoms with E-state index in [1.54, 1.807) is 0 Å². The van der Waals surface area contributed by atoms with Crippen LogP contribution in [0.4, 0.5) is 0 Å². The highest BCUT2D eigenvalue weighted by Gasteiger charge is 2.21. The summed E-state index contributed by atoms with van der Waals surface area (Å²) >= 11 is 0. The number of hydrogen-bond donors (Lipinski definition) is 1. The third kappa shape index (κ3) is 5.71. The molecular formula is C32H40N4O2. The fraction of sp³-hybridized carbons (Fsp3) is 0.406. The SMILES string of the molecule is CCn1c2ccccc2c2cc(CN3CCC(Oc4cccc(C(=O)NCC(C)N(C)C)c4)CC3)ccc21. The van der Waals surface area contributed by atoms with Crippen LogP contribution in [0.15, 0.2) is 66.7 Å². The van der Waals surface area contributed by atoms with E-state index in [2.05, 4.69) is 76.0 Å². The number of benzene rings is 3. The number of aromatic nitrogens is 1. The van der Waals surface area contributed by atoms with Gasteiger partial charge in [-0.2, -0.15) is 0 Å². The van der Waals surface area contributed by atoms with Gasteiger partial charge in [0.25, 0.3) is 5.91 Å². The lowest BCUT2D eigenvalue weighted by molar-refractivity contribution is 0.0929. The van der Waals surface area contributed by atoms with Gasteiger partial charge in [0.2, 0.25) is 0 Å². The van der Waals surface area contributed by atoms with Crippen LogP contribution in [0.25, 0.3) is 21.8 Å². The average Bonchev–Trinajstić information content (AvgIpc) is 3.25. The summed E-state index contributed by atoms with van der Waals surface area (Å²) in [6.07, 6.45) is 2.13. The summed E-state index contributed by atoms with van der Waals surface area (Å²) in [4.78, 5) is 17.2. The number of carbonyl (C=O) groups is 1. The molecule has 1 atom stereocenters. The largest absolute Gasteiger partial charge is 0.490 e. The van der Waals surface area contributed by atoms with Crippen LogP contribution < -0.4 is 10.1 Å². The van der Waals surface area contributed by atoms with Crippen molar-refractivity contribution < 1.29 is 9.53 Å². The molecule has 6 nitrogen and oxygen atoms in total. The molecule has 4 aromatic rings. The van der Waals surface area contributed by atoms with Crippen molar-refractivity contribution in [3.63, 3.8) is 0 Å². The van der Waals surface area contributed by atoms with E-state index in [1.165, 1.54) is 27.4 Å². The molecule has 1 aliphatic rings. The van der Waals surface area contributed by atoms with Gasteiger partial charge in [-0.25, -0.2) is 0 Å². The van der Waals surface area contributed by atoms with Gasteiger partial charge < -0.3 is 19.5 Å². The summed E-state index contributed by atoms with van der Waals surface area (Å²) < 4.78 is 8.71. The molecule has 2 heterocycles. The Hall–Kier alpha value is -3.35. The molecule has 5 rings (SSSR count). The minimum Gasteiger partial charge on any atom is -0.490 e. The van der Waals surface area contributed by atoms with E-state index in [0.29, 0.717) is 12.1 Å². The monoisotopic (exact) mass is 512 g/mol. The fourth-order valence-electron chi connectivity index (χ4n) is 5.41. The molecule has 200 valence electrons. The van der Waals surface area contributed by atoms with E-state index in [4.69, 9.17) is 4.74 Å². The van der Waals surface area contributed by atoms with Crippen LogP contribution >= 0.6 is 0 Å². The van der Waals surface area contributed by atoms with Gasteiger partial charge in [-0.05, 0) is 82.7 Å². The molecule has 1 aromatic heterocycles. The van der Waals surface area contributed by atoms with Gasteiger partial charge in [0, 0.05) is 66.1 Å². The number of ether oxygens (including phenoxy) is 1. The first-order chi connectivity index (χ1) is 18.4. The standard InChI is InChI=1S/C32H40N4O2/c1-5-36-30-12-7-6-11-28(30)29-19-24(13-14-31(29)36)22-35-17-15-26(16-18-35)38-27-10-8-9-25(20-27)32(37)33-21-23(2)34(3)4/h6-14,19-20,23,26H,5,15-18,21-22H2,1-4H3,(H,33,37). The van der Waals surface area contributed by atoms with E-state index in [0.717, 1.165) is 44.8 Å². The van der Waals surface area contributed by atoms with Crippen LogP contribution in [-0.2, 0) is 13.1 Å². The number of hydrogen-bond acceptors (Lipinski definition) is 4. The number of para-hydroxylation sites is 1. The maximum atomic E-state index is 12.6. The molecule has 6 heteroatoms. The second kappa shape index (κ2) is 11.6. The number of amides is 1. The Morgan fingerprint density at radius 3 is 2.53 bits per heavy atom. The lowest BCUT2D eigenvalue weighted by Gasteiger charge is -2.32. The zero-order chi connectivity index (χ0) is 26.6. The van der Waals surface area contributed by atoms with Crippen molar-refractivity contribution >= 4 is 27.7 Å². The normalized spacial score (nSPS) is 15.8. The molecule has 1 unspecified atom stereocenters. The van der Waals surface area contributed by atoms with E-state index in [9.17, 15) is 4.79 Å². The van der Waals surface area contributed by atoms with Crippen LogP contribution in [0.2, 0.25) is 0 Å². The maximum Gasteiger partial charge on any atom is 0.251 e. The molecule has 1 fully saturated rings. The number of carbonyl (C=O) groups excluding carboxylic acids is 1. The van der Waals surface area contributed by atoms with E-state index in [-0.39, 0.29) is 18.1 Å². The van der Waals surface area contributed by atoms with Crippen LogP contribution in [0.3, 0.4) is 0 Å². The summed E-state index contributed by atoms with van der Waals surface area (Å²) in [6.45, 7) is 8.85. The topological polar surface area (TPSA) is 49.7 Å². The number of rotatable bonds is 9. The van der Waals surface area contributed by atoms with Crippen molar-refractivity contribution in [1.29, 1.82) is 0 Å². The third-order valence-electron chi connectivity index (χ3n) is 7.93. The van der Waals surface area contributed by atoms with Crippen molar-refractivity contribution in [2.45, 2.75) is 51.9 Å². The van der Waals surface area contributed by atoms with Crippen LogP contribution in [-0.4, -0.2) is 66.1 Å². The zero-order valence-corrected chi connectivity index (χ0v) is 23.1. The molecule has 1 N–H and O–H groups in total. The Labute approximate surface area is 226 Å². The predicted molar refractivity (Wildman–Crippen MR) is 156 cm³/mol. The molecule has 38 heavy (non-hydrogen) atoms. The molecular weight excluding hydrogens is 472 g/mol. The highest BCUT2D eigenvalue weighted by atomic mass is 16.5. The first-order valence-corrected chi connectivity index (χ1v) is 13.9. The third-order valence-corrected chi connectivity index (χ3v) is 7.93. The molecule has 3 aromatic carbocycles. The van der Waals surface area contributed by atoms with Crippen LogP contribution in [0.5, 0.6) is 5.75 Å². The number of piperidine rings is 1. The highest BCUT2D eigenvalue weighted by molar-refractivity contribution is 6.08. The van der Waals surface area contributed by atoms with Gasteiger partial charge in [-0.3, -0.25) is 9.69 Å². The number of nitrogens with zero attached hydrogens (tertiary/aromatic N) is 3. The molecule has 1 amide bonds. The van der Waals surface area contributed by atoms with Crippen LogP contribution in [0.1, 0.15) is 42.6 Å². The number of fused-ring (bicyclic) bond motifs is 3. The molecule has 0 radical (unpaired) electrons. The maximum absolute atomic E-state index is 12.6. The van der Waals surface area contributed by atoms with Gasteiger partial charge in [0.15, 0.2) is 0 Å². The van der Waals surface area contributed by atoms with Crippen molar-refractivity contribution in [1.82, 2.24) is 19.7 Å². The number of nitrogens with one attached hydrogen (secondary N) is 1. The Kier molecular flexibility index (Phi) is 8.01. The zero-order valence-electron chi connectivity index (χ0n) is 23.1. The van der Waals surface area contributed by atoms with Gasteiger partial charge in [0.1, 0.15) is 11.9 Å². The Bertz CT molecular complexity index is 1400. The van der Waals surface area contributed by atoms with E-state index >= 15 is 0 Å². The first kappa shape index (κ1) is 26.3. The van der Waals surface area contributed by atoms with Crippen molar-refractivity contribution in [2.24, 2.45) is 0 Å². The fourth-order valence-corrected chi connectivity index (χ4v) is 5.41. The minimum absolute atomic E-state index is 0.0574. The molecule has 0 spiro atoms. The first-order valence-electron chi connectivity index (χ1n) is 13.9. The van der Waals surface area contributed by atoms with E-state index in [1.807, 2.05) is 38.4 Å². The smallest absolute Gasteiger partial charge is 0.251 e. The minimum atomic E-state index is -0.0574. The predicted octanol–water partition coefficient (Wildman–Crippen LogP) is 5.54. The lowest BCUT2D eigenvalue weighted by atomic mass is 10.0. The van der Waals surface area contributed by atoms with Gasteiger partial charge in [0.05, 0.1) is 0 Å². The average molecular weight is 513 g/mol. The Morgan fingerprint density at radius 1 is 1.00 bits per heavy atom. The number of likely N-dealkylation sites (N-methyl/N-ethyl adjacent to an activating group) is 1. The summed E-state index contributed by atoms with van der Waals surface area (Å²) in [6, 6.07) is 23.5. The second-order valence-corrected chi connectivity index (χ2v) is 10.8. The highest BCUT2D eigenvalue weighted by Crippen LogP contribution is 2.30. The summed E-state index contributed by atoms with van der Waals surface area (Å²) in [5, 5.41) is 5.70. The lowest BCUT2D eigenvalue weighted by Crippen LogP contribution is -2.38. The molecule has 0 saturated carbocycles. The summed E-state index contributed by atoms with van der Waals surface area (Å²) in [5.41, 5.74) is 4.63. The van der Waals surface area contributed by atoms with Crippen LogP contribution in [0, 0.1) is 0 Å². The van der Waals surface area contributed by atoms with Crippen molar-refractivity contribution in [2.75, 3.05) is 33.7 Å². The Morgan fingerprint density at radius 2 is 1.76 bits per heavy atom. The second-order valence-electron chi connectivity index (χ2n) is 10.8. The number of aryl methyl sites for hydroxylation is 1. The van der Waals surface area contributed by atoms with Crippen molar-refractivity contribution in [3.05, 3.63) is 77.9 Å².